The van der Waals surface area contributed by atoms with Gasteiger partial charge in [-0.1, -0.05) is 0 Å². The maximum atomic E-state index is 12.5. The summed E-state index contributed by atoms with van der Waals surface area (Å²) in [7, 11) is 3.03. The highest BCUT2D eigenvalue weighted by Gasteiger charge is 2.41. The summed E-state index contributed by atoms with van der Waals surface area (Å²) in [5.41, 5.74) is 0.561. The van der Waals surface area contributed by atoms with Gasteiger partial charge in [0.05, 0.1) is 25.8 Å². The molecule has 0 spiro atoms. The number of amides is 2. The van der Waals surface area contributed by atoms with Crippen LogP contribution in [0, 0.1) is 11.8 Å². The minimum absolute atomic E-state index is 0.00802. The van der Waals surface area contributed by atoms with E-state index in [2.05, 4.69) is 5.32 Å². The van der Waals surface area contributed by atoms with Gasteiger partial charge in [0.25, 0.3) is 0 Å². The summed E-state index contributed by atoms with van der Waals surface area (Å²) in [5.74, 6) is -1.15. The van der Waals surface area contributed by atoms with Crippen LogP contribution in [0.2, 0.25) is 0 Å². The number of aliphatic carboxylic acids is 1. The molecule has 140 valence electrons. The Bertz CT molecular complexity index is 730. The van der Waals surface area contributed by atoms with Crippen molar-refractivity contribution >= 4 is 23.5 Å². The van der Waals surface area contributed by atoms with Gasteiger partial charge in [-0.3, -0.25) is 9.59 Å². The lowest BCUT2D eigenvalue weighted by atomic mass is 10.1. The number of hydrogen-bond donors (Lipinski definition) is 2. The van der Waals surface area contributed by atoms with Gasteiger partial charge in [-0.2, -0.15) is 0 Å². The quantitative estimate of drug-likeness (QED) is 0.751. The molecule has 1 saturated carbocycles. The highest BCUT2D eigenvalue weighted by Crippen LogP contribution is 2.36. The van der Waals surface area contributed by atoms with Crippen molar-refractivity contribution in [1.82, 2.24) is 5.32 Å². The average Bonchev–Trinajstić information content (AvgIpc) is 3.40. The van der Waals surface area contributed by atoms with Crippen molar-refractivity contribution in [2.45, 2.75) is 25.3 Å². The number of hydrogen-bond acceptors (Lipinski definition) is 5. The van der Waals surface area contributed by atoms with E-state index in [0.717, 1.165) is 12.8 Å². The van der Waals surface area contributed by atoms with Crippen LogP contribution < -0.4 is 19.7 Å². The lowest BCUT2D eigenvalue weighted by Gasteiger charge is -2.20. The number of carbonyl (C=O) groups excluding carboxylic acids is 2. The Morgan fingerprint density at radius 1 is 1.27 bits per heavy atom. The second-order valence-corrected chi connectivity index (χ2v) is 6.61. The molecular weight excluding hydrogens is 340 g/mol. The monoisotopic (exact) mass is 362 g/mol. The van der Waals surface area contributed by atoms with Crippen molar-refractivity contribution in [2.24, 2.45) is 11.8 Å². The summed E-state index contributed by atoms with van der Waals surface area (Å²) in [5, 5.41) is 11.8. The van der Waals surface area contributed by atoms with Crippen LogP contribution in [0.25, 0.3) is 0 Å². The average molecular weight is 362 g/mol. The fourth-order valence-corrected chi connectivity index (χ4v) is 3.21. The molecule has 2 unspecified atom stereocenters. The second-order valence-electron chi connectivity index (χ2n) is 6.61. The van der Waals surface area contributed by atoms with Crippen LogP contribution in [0.1, 0.15) is 19.3 Å². The van der Waals surface area contributed by atoms with Crippen LogP contribution in [-0.4, -0.2) is 49.7 Å². The lowest BCUT2D eigenvalue weighted by molar-refractivity contribution is -0.143. The molecule has 0 bridgehead atoms. The summed E-state index contributed by atoms with van der Waals surface area (Å²) in [6.07, 6.45) is 1.64. The fourth-order valence-electron chi connectivity index (χ4n) is 3.21. The number of nitrogens with zero attached hydrogens (tertiary/aromatic N) is 1. The predicted octanol–water partition coefficient (Wildman–Crippen LogP) is 1.04. The largest absolute Gasteiger partial charge is 0.497 e. The van der Waals surface area contributed by atoms with Gasteiger partial charge in [0.2, 0.25) is 11.8 Å². The van der Waals surface area contributed by atoms with Gasteiger partial charge >= 0.3 is 5.97 Å². The number of ether oxygens (including phenoxy) is 2. The minimum atomic E-state index is -1.03. The van der Waals surface area contributed by atoms with Gasteiger partial charge < -0.3 is 24.8 Å². The van der Waals surface area contributed by atoms with E-state index in [-0.39, 0.29) is 24.8 Å². The second kappa shape index (κ2) is 7.23. The fraction of sp³-hybridized carbons (Fsp3) is 0.500. The van der Waals surface area contributed by atoms with Crippen molar-refractivity contribution in [1.29, 1.82) is 0 Å². The Kier molecular flexibility index (Phi) is 5.01. The molecule has 2 amide bonds. The van der Waals surface area contributed by atoms with E-state index >= 15 is 0 Å². The first kappa shape index (κ1) is 18.0. The molecule has 1 heterocycles. The van der Waals surface area contributed by atoms with Crippen LogP contribution >= 0.6 is 0 Å². The van der Waals surface area contributed by atoms with Crippen molar-refractivity contribution in [3.63, 3.8) is 0 Å². The van der Waals surface area contributed by atoms with Gasteiger partial charge in [-0.05, 0) is 30.9 Å². The van der Waals surface area contributed by atoms with Crippen molar-refractivity contribution in [3.8, 4) is 11.5 Å². The molecule has 2 N–H and O–H groups in total. The number of carbonyl (C=O) groups is 3. The van der Waals surface area contributed by atoms with E-state index < -0.39 is 23.8 Å². The van der Waals surface area contributed by atoms with E-state index in [1.165, 1.54) is 19.1 Å². The number of methoxy groups -OCH3 is 2. The van der Waals surface area contributed by atoms with E-state index in [0.29, 0.717) is 17.2 Å². The zero-order chi connectivity index (χ0) is 18.8. The number of anilines is 1. The maximum Gasteiger partial charge on any atom is 0.326 e. The normalized spacial score (nSPS) is 20.6. The van der Waals surface area contributed by atoms with Gasteiger partial charge in [0, 0.05) is 19.0 Å². The zero-order valence-corrected chi connectivity index (χ0v) is 14.7. The number of carboxylic acid groups (broad SMARTS) is 1. The topological polar surface area (TPSA) is 105 Å². The molecule has 1 aliphatic carbocycles. The van der Waals surface area contributed by atoms with Crippen LogP contribution in [0.3, 0.4) is 0 Å². The van der Waals surface area contributed by atoms with E-state index in [1.54, 1.807) is 18.2 Å². The van der Waals surface area contributed by atoms with E-state index in [4.69, 9.17) is 9.47 Å². The molecule has 0 aromatic heterocycles. The number of nitrogens with one attached hydrogen (secondary N) is 1. The Hall–Kier alpha value is -2.77. The van der Waals surface area contributed by atoms with Gasteiger partial charge in [0.1, 0.15) is 17.5 Å². The first-order chi connectivity index (χ1) is 12.4. The summed E-state index contributed by atoms with van der Waals surface area (Å²) >= 11 is 0. The molecule has 0 radical (unpaired) electrons. The highest BCUT2D eigenvalue weighted by molar-refractivity contribution is 6.01. The van der Waals surface area contributed by atoms with Gasteiger partial charge in [0.15, 0.2) is 0 Å². The first-order valence-corrected chi connectivity index (χ1v) is 8.50. The molecule has 26 heavy (non-hydrogen) atoms. The van der Waals surface area contributed by atoms with Gasteiger partial charge in [-0.15, -0.1) is 0 Å². The summed E-state index contributed by atoms with van der Waals surface area (Å²) in [6, 6.07) is 4.22. The molecular formula is C18H22N2O6. The minimum Gasteiger partial charge on any atom is -0.497 e. The third-order valence-corrected chi connectivity index (χ3v) is 4.83. The Labute approximate surface area is 151 Å². The molecule has 3 rings (SSSR count). The summed E-state index contributed by atoms with van der Waals surface area (Å²) in [4.78, 5) is 37.7. The third kappa shape index (κ3) is 3.58. The Balaban J connectivity index is 1.72. The van der Waals surface area contributed by atoms with Crippen LogP contribution in [-0.2, 0) is 14.4 Å². The van der Waals surface area contributed by atoms with Crippen molar-refractivity contribution in [2.75, 3.05) is 25.7 Å². The van der Waals surface area contributed by atoms with Crippen LogP contribution in [0.5, 0.6) is 11.5 Å². The van der Waals surface area contributed by atoms with Crippen molar-refractivity contribution < 1.29 is 29.0 Å². The molecule has 8 nitrogen and oxygen atoms in total. The number of benzene rings is 1. The van der Waals surface area contributed by atoms with Crippen LogP contribution in [0.15, 0.2) is 18.2 Å². The van der Waals surface area contributed by atoms with Gasteiger partial charge in [-0.25, -0.2) is 4.79 Å². The zero-order valence-electron chi connectivity index (χ0n) is 14.7. The third-order valence-electron chi connectivity index (χ3n) is 4.83. The SMILES string of the molecule is COc1ccc(N2CC(C(=O)NC(C(=O)O)C3CC3)CC2=O)c(OC)c1. The molecule has 8 heteroatoms. The smallest absolute Gasteiger partial charge is 0.326 e. The Morgan fingerprint density at radius 3 is 2.58 bits per heavy atom. The highest BCUT2D eigenvalue weighted by atomic mass is 16.5. The van der Waals surface area contributed by atoms with E-state index in [9.17, 15) is 19.5 Å². The predicted molar refractivity (Wildman–Crippen MR) is 92.3 cm³/mol. The lowest BCUT2D eigenvalue weighted by Crippen LogP contribution is -2.45. The summed E-state index contributed by atoms with van der Waals surface area (Å²) in [6.45, 7) is 0.185. The molecule has 2 atom stereocenters. The first-order valence-electron chi connectivity index (χ1n) is 8.50. The molecule has 2 aliphatic rings. The number of rotatable bonds is 7. The molecule has 1 aliphatic heterocycles. The molecule has 1 aromatic rings. The standard InChI is InChI=1S/C18H22N2O6/c1-25-12-5-6-13(14(8-12)26-2)20-9-11(7-15(20)21)17(22)19-16(18(23)24)10-3-4-10/h5-6,8,10-11,16H,3-4,7,9H2,1-2H3,(H,19,22)(H,23,24). The summed E-state index contributed by atoms with van der Waals surface area (Å²) < 4.78 is 10.5. The van der Waals surface area contributed by atoms with E-state index in [1.807, 2.05) is 0 Å². The maximum absolute atomic E-state index is 12.5. The number of carboxylic acids is 1. The molecule has 1 saturated heterocycles. The Morgan fingerprint density at radius 2 is 2.00 bits per heavy atom. The molecule has 1 aromatic carbocycles. The van der Waals surface area contributed by atoms with Crippen molar-refractivity contribution in [3.05, 3.63) is 18.2 Å². The molecule has 2 fully saturated rings. The van der Waals surface area contributed by atoms with Crippen LogP contribution in [0.4, 0.5) is 5.69 Å².